The minimum absolute atomic E-state index is 0.771. The van der Waals surface area contributed by atoms with E-state index in [1.807, 2.05) is 4.72 Å². The lowest BCUT2D eigenvalue weighted by Crippen LogP contribution is -2.46. The van der Waals surface area contributed by atoms with Crippen LogP contribution in [0.5, 0.6) is 0 Å². The Morgan fingerprint density at radius 3 is 2.56 bits per heavy atom. The highest BCUT2D eigenvalue weighted by molar-refractivity contribution is 7.89. The number of sulfonamides is 1. The van der Waals surface area contributed by atoms with Crippen LogP contribution < -0.4 is 4.72 Å². The van der Waals surface area contributed by atoms with Crippen LogP contribution in [0, 0.1) is 0 Å². The Bertz CT molecular complexity index is 484. The number of carbonyl (C=O) groups excluding carboxylic acids is 1. The number of amides is 1. The predicted octanol–water partition coefficient (Wildman–Crippen LogP) is -0.0625. The lowest BCUT2D eigenvalue weighted by atomic mass is 10.1. The summed E-state index contributed by atoms with van der Waals surface area (Å²) in [5, 5.41) is 2.35. The average Bonchev–Trinajstić information content (AvgIpc) is 2.16. The molecule has 0 spiro atoms. The lowest BCUT2D eigenvalue weighted by molar-refractivity contribution is -0.140. The van der Waals surface area contributed by atoms with Gasteiger partial charge in [-0.2, -0.15) is 0 Å². The van der Waals surface area contributed by atoms with E-state index >= 15 is 0 Å². The van der Waals surface area contributed by atoms with Crippen LogP contribution in [0.3, 0.4) is 0 Å². The van der Waals surface area contributed by atoms with E-state index in [1.165, 1.54) is 26.3 Å². The van der Waals surface area contributed by atoms with Crippen molar-refractivity contribution in [2.45, 2.75) is 19.4 Å². The summed E-state index contributed by atoms with van der Waals surface area (Å²) in [7, 11) is -3.62. The Kier molecular flexibility index (Phi) is 3.17. The van der Waals surface area contributed by atoms with Gasteiger partial charge in [-0.3, -0.25) is 14.1 Å². The number of nitrogens with one attached hydrogen (secondary N) is 2. The first-order chi connectivity index (χ1) is 7.23. The Morgan fingerprint density at radius 1 is 1.50 bits per heavy atom. The molecular formula is C7H13N3O5S. The monoisotopic (exact) mass is 251 g/mol. The molecule has 0 saturated heterocycles. The van der Waals surface area contributed by atoms with Gasteiger partial charge in [0.2, 0.25) is 10.0 Å². The van der Waals surface area contributed by atoms with Gasteiger partial charge in [-0.05, 0) is 18.8 Å². The quantitative estimate of drug-likeness (QED) is 0.781. The molecule has 1 aromatic rings. The summed E-state index contributed by atoms with van der Waals surface area (Å²) in [6.07, 6.45) is 3.50. The van der Waals surface area contributed by atoms with Gasteiger partial charge in [-0.1, -0.05) is 0 Å². The number of nitrogens with zero attached hydrogens (tertiary/aromatic N) is 1. The molecule has 9 heteroatoms. The number of aromatic nitrogens is 2. The molecule has 1 rings (SSSR count). The molecule has 0 fully saturated rings. The number of hydrogen-bond donors (Lipinski definition) is 2. The van der Waals surface area contributed by atoms with Crippen molar-refractivity contribution in [3.05, 3.63) is 12.5 Å². The molecular weight excluding hydrogens is 238 g/mol. The first-order valence-electron chi connectivity index (χ1n) is 4.30. The van der Waals surface area contributed by atoms with Crippen molar-refractivity contribution >= 4 is 15.9 Å². The summed E-state index contributed by atoms with van der Waals surface area (Å²) in [5.74, 6) is -0.771. The van der Waals surface area contributed by atoms with E-state index in [4.69, 9.17) is 9.15 Å². The van der Waals surface area contributed by atoms with Gasteiger partial charge in [0.05, 0.1) is 12.5 Å². The van der Waals surface area contributed by atoms with Crippen LogP contribution in [0.1, 0.15) is 13.8 Å². The van der Waals surface area contributed by atoms with Crippen molar-refractivity contribution in [1.82, 2.24) is 14.8 Å². The molecule has 0 radical (unpaired) electrons. The summed E-state index contributed by atoms with van der Waals surface area (Å²) in [6.45, 7) is 2.88. The first-order valence-corrected chi connectivity index (χ1v) is 6.19. The Morgan fingerprint density at radius 2 is 2.12 bits per heavy atom. The van der Waals surface area contributed by atoms with E-state index in [-0.39, 0.29) is 0 Å². The zero-order valence-corrected chi connectivity index (χ0v) is 9.87. The molecule has 0 aliphatic rings. The molecule has 8 nitrogen and oxygen atoms in total. The number of aromatic amines is 1. The molecule has 1 heterocycles. The van der Waals surface area contributed by atoms with Crippen molar-refractivity contribution < 1.29 is 22.4 Å². The standard InChI is InChI=1S/C7H13N3O5S/c1-7(2,6(11)9-16(3,12)13)10-14-5-4-8-15-10/h4-5,8H,1-3H3,(H,9,11). The van der Waals surface area contributed by atoms with E-state index in [0.29, 0.717) is 0 Å². The number of rotatable bonds is 3. The van der Waals surface area contributed by atoms with Gasteiger partial charge < -0.3 is 4.52 Å². The van der Waals surface area contributed by atoms with Crippen LogP contribution in [0.2, 0.25) is 0 Å². The van der Waals surface area contributed by atoms with Crippen molar-refractivity contribution in [3.63, 3.8) is 0 Å². The van der Waals surface area contributed by atoms with Crippen LogP contribution in [-0.4, -0.2) is 30.6 Å². The molecule has 2 N–H and O–H groups in total. The Hall–Kier alpha value is -1.64. The SMILES string of the molecule is CC(C)(C(=O)NS(C)(=O)=O)n1occ[nH]o1. The van der Waals surface area contributed by atoms with E-state index in [2.05, 4.69) is 5.16 Å². The normalized spacial score (nSPS) is 12.2. The molecule has 0 bridgehead atoms. The number of hydrogen-bond acceptors (Lipinski definition) is 5. The third kappa shape index (κ3) is 2.92. The Balaban J connectivity index is 2.99. The fraction of sp³-hybridized carbons (Fsp3) is 0.571. The highest BCUT2D eigenvalue weighted by Crippen LogP contribution is 2.14. The molecule has 0 aliphatic carbocycles. The van der Waals surface area contributed by atoms with Gasteiger partial charge in [-0.15, -0.1) is 0 Å². The smallest absolute Gasteiger partial charge is 0.265 e. The molecule has 0 aromatic carbocycles. The minimum atomic E-state index is -3.62. The maximum atomic E-state index is 11.6. The fourth-order valence-corrected chi connectivity index (χ4v) is 1.42. The minimum Gasteiger partial charge on any atom is -0.353 e. The van der Waals surface area contributed by atoms with Crippen LogP contribution in [0.15, 0.2) is 21.6 Å². The van der Waals surface area contributed by atoms with E-state index in [1.54, 1.807) is 0 Å². The summed E-state index contributed by atoms with van der Waals surface area (Å²) < 4.78 is 33.3. The molecule has 0 unspecified atom stereocenters. The van der Waals surface area contributed by atoms with Crippen LogP contribution in [-0.2, 0) is 20.4 Å². The van der Waals surface area contributed by atoms with E-state index in [9.17, 15) is 13.2 Å². The van der Waals surface area contributed by atoms with E-state index < -0.39 is 21.5 Å². The molecule has 1 aromatic heterocycles. The molecule has 92 valence electrons. The third-order valence-electron chi connectivity index (χ3n) is 1.72. The highest BCUT2D eigenvalue weighted by Gasteiger charge is 2.35. The average molecular weight is 251 g/mol. The van der Waals surface area contributed by atoms with E-state index in [0.717, 1.165) is 11.2 Å². The van der Waals surface area contributed by atoms with Crippen LogP contribution in [0.25, 0.3) is 0 Å². The molecule has 1 amide bonds. The predicted molar refractivity (Wildman–Crippen MR) is 53.3 cm³/mol. The zero-order chi connectivity index (χ0) is 12.4. The fourth-order valence-electron chi connectivity index (χ4n) is 0.835. The van der Waals surface area contributed by atoms with Gasteiger partial charge in [0, 0.05) is 0 Å². The van der Waals surface area contributed by atoms with Crippen molar-refractivity contribution in [3.8, 4) is 0 Å². The lowest BCUT2D eigenvalue weighted by Gasteiger charge is -2.21. The topological polar surface area (TPSA) is 110 Å². The highest BCUT2D eigenvalue weighted by atomic mass is 32.2. The molecule has 16 heavy (non-hydrogen) atoms. The van der Waals surface area contributed by atoms with Gasteiger partial charge in [0.15, 0.2) is 5.54 Å². The second-order valence-electron chi connectivity index (χ2n) is 3.64. The van der Waals surface area contributed by atoms with Crippen molar-refractivity contribution in [2.75, 3.05) is 6.26 Å². The summed E-state index contributed by atoms with van der Waals surface area (Å²) >= 11 is 0. The largest absolute Gasteiger partial charge is 0.353 e. The molecule has 0 atom stereocenters. The number of H-pyrrole nitrogens is 1. The Labute approximate surface area is 91.8 Å². The van der Waals surface area contributed by atoms with Gasteiger partial charge in [0.25, 0.3) is 5.91 Å². The van der Waals surface area contributed by atoms with Gasteiger partial charge >= 0.3 is 0 Å². The second-order valence-corrected chi connectivity index (χ2v) is 5.39. The van der Waals surface area contributed by atoms with Gasteiger partial charge in [0.1, 0.15) is 6.26 Å². The van der Waals surface area contributed by atoms with Crippen molar-refractivity contribution in [2.24, 2.45) is 0 Å². The maximum Gasteiger partial charge on any atom is 0.265 e. The van der Waals surface area contributed by atoms with Crippen molar-refractivity contribution in [1.29, 1.82) is 0 Å². The summed E-state index contributed by atoms with van der Waals surface area (Å²) in [4.78, 5) is 12.5. The zero-order valence-electron chi connectivity index (χ0n) is 9.05. The number of carbonyl (C=O) groups is 1. The molecule has 0 saturated carbocycles. The van der Waals surface area contributed by atoms with Crippen LogP contribution in [0.4, 0.5) is 0 Å². The second kappa shape index (κ2) is 4.08. The first kappa shape index (κ1) is 12.4. The third-order valence-corrected chi connectivity index (χ3v) is 2.27. The summed E-state index contributed by atoms with van der Waals surface area (Å²) in [6, 6.07) is 0. The van der Waals surface area contributed by atoms with Gasteiger partial charge in [-0.25, -0.2) is 13.6 Å². The summed E-state index contributed by atoms with van der Waals surface area (Å²) in [5.41, 5.74) is -1.32. The molecule has 0 aliphatic heterocycles. The van der Waals surface area contributed by atoms with Crippen LogP contribution >= 0.6 is 0 Å². The maximum absolute atomic E-state index is 11.6.